The number of rotatable bonds is 4. The summed E-state index contributed by atoms with van der Waals surface area (Å²) in [6.45, 7) is 7.69. The average molecular weight is 279 g/mol. The van der Waals surface area contributed by atoms with Crippen molar-refractivity contribution in [2.45, 2.75) is 20.0 Å². The molecule has 0 aromatic carbocycles. The molecule has 1 fully saturated rings. The van der Waals surface area contributed by atoms with Gasteiger partial charge in [0, 0.05) is 37.6 Å². The Bertz CT molecular complexity index is 527. The van der Waals surface area contributed by atoms with Gasteiger partial charge in [-0.05, 0) is 13.5 Å². The molecule has 2 N–H and O–H groups in total. The molecule has 0 saturated carbocycles. The summed E-state index contributed by atoms with van der Waals surface area (Å²) in [5.74, 6) is -0.358. The van der Waals surface area contributed by atoms with Crippen molar-refractivity contribution in [3.05, 3.63) is 33.7 Å². The first-order valence-electron chi connectivity index (χ1n) is 6.91. The zero-order chi connectivity index (χ0) is 14.5. The smallest absolute Gasteiger partial charge is 0.256 e. The highest BCUT2D eigenvalue weighted by atomic mass is 16.5. The van der Waals surface area contributed by atoms with Crippen molar-refractivity contribution in [1.29, 1.82) is 0 Å². The molecule has 1 unspecified atom stereocenters. The maximum Gasteiger partial charge on any atom is 0.256 e. The number of carbonyl (C=O) groups excluding carboxylic acids is 1. The Morgan fingerprint density at radius 2 is 2.40 bits per heavy atom. The number of H-pyrrole nitrogens is 1. The molecule has 0 radical (unpaired) electrons. The number of amides is 1. The van der Waals surface area contributed by atoms with Gasteiger partial charge >= 0.3 is 0 Å². The molecule has 6 nitrogen and oxygen atoms in total. The molecule has 1 saturated heterocycles. The molecule has 110 valence electrons. The number of carbonyl (C=O) groups is 1. The topological polar surface area (TPSA) is 74.4 Å². The third kappa shape index (κ3) is 3.68. The second-order valence-electron chi connectivity index (χ2n) is 4.99. The van der Waals surface area contributed by atoms with E-state index in [2.05, 4.69) is 22.1 Å². The van der Waals surface area contributed by atoms with E-state index in [1.807, 2.05) is 0 Å². The van der Waals surface area contributed by atoms with E-state index >= 15 is 0 Å². The van der Waals surface area contributed by atoms with Gasteiger partial charge in [-0.1, -0.05) is 6.92 Å². The predicted octanol–water partition coefficient (Wildman–Crippen LogP) is 0.134. The van der Waals surface area contributed by atoms with E-state index < -0.39 is 0 Å². The van der Waals surface area contributed by atoms with Crippen molar-refractivity contribution in [3.8, 4) is 0 Å². The van der Waals surface area contributed by atoms with E-state index in [4.69, 9.17) is 4.74 Å². The fourth-order valence-electron chi connectivity index (χ4n) is 2.24. The third-order valence-electron chi connectivity index (χ3n) is 3.46. The molecular formula is C14H21N3O3. The van der Waals surface area contributed by atoms with Gasteiger partial charge in [0.05, 0.1) is 12.7 Å². The number of ether oxygens (including phenoxy) is 1. The summed E-state index contributed by atoms with van der Waals surface area (Å²) < 4.78 is 5.60. The minimum Gasteiger partial charge on any atom is -0.374 e. The van der Waals surface area contributed by atoms with Gasteiger partial charge in [-0.25, -0.2) is 0 Å². The highest BCUT2D eigenvalue weighted by molar-refractivity contribution is 5.93. The second kappa shape index (κ2) is 6.67. The first-order valence-corrected chi connectivity index (χ1v) is 6.91. The molecule has 1 aromatic heterocycles. The molecule has 0 spiro atoms. The first kappa shape index (κ1) is 14.7. The molecule has 1 aliphatic heterocycles. The molecule has 2 heterocycles. The number of aromatic nitrogens is 1. The van der Waals surface area contributed by atoms with Gasteiger partial charge in [0.1, 0.15) is 5.56 Å². The van der Waals surface area contributed by atoms with Gasteiger partial charge < -0.3 is 15.0 Å². The van der Waals surface area contributed by atoms with Gasteiger partial charge in [-0.15, -0.1) is 0 Å². The molecule has 2 rings (SSSR count). The summed E-state index contributed by atoms with van der Waals surface area (Å²) in [5.41, 5.74) is 0.609. The van der Waals surface area contributed by atoms with E-state index in [1.165, 1.54) is 12.3 Å². The first-order chi connectivity index (χ1) is 9.60. The SMILES string of the molecule is CCN1CCOC(CNC(=O)c2c[nH]c(C)cc2=O)C1. The largest absolute Gasteiger partial charge is 0.374 e. The van der Waals surface area contributed by atoms with Crippen molar-refractivity contribution >= 4 is 5.91 Å². The van der Waals surface area contributed by atoms with Gasteiger partial charge in [0.2, 0.25) is 0 Å². The van der Waals surface area contributed by atoms with Crippen molar-refractivity contribution in [2.75, 3.05) is 32.8 Å². The van der Waals surface area contributed by atoms with Crippen LogP contribution in [0.3, 0.4) is 0 Å². The summed E-state index contributed by atoms with van der Waals surface area (Å²) in [5, 5.41) is 2.76. The third-order valence-corrected chi connectivity index (χ3v) is 3.46. The molecule has 0 aliphatic carbocycles. The number of pyridine rings is 1. The standard InChI is InChI=1S/C14H21N3O3/c1-3-17-4-5-20-11(9-17)7-16-14(19)12-8-15-10(2)6-13(12)18/h6,8,11H,3-5,7,9H2,1-2H3,(H,15,18)(H,16,19). The van der Waals surface area contributed by atoms with Crippen molar-refractivity contribution in [1.82, 2.24) is 15.2 Å². The normalized spacial score (nSPS) is 19.8. The number of hydrogen-bond acceptors (Lipinski definition) is 4. The maximum absolute atomic E-state index is 12.0. The lowest BCUT2D eigenvalue weighted by molar-refractivity contribution is -0.0246. The average Bonchev–Trinajstić information content (AvgIpc) is 2.45. The van der Waals surface area contributed by atoms with E-state index in [9.17, 15) is 9.59 Å². The molecule has 1 atom stereocenters. The van der Waals surface area contributed by atoms with Crippen LogP contribution in [0.4, 0.5) is 0 Å². The number of aryl methyl sites for hydroxylation is 1. The summed E-state index contributed by atoms with van der Waals surface area (Å²) in [4.78, 5) is 28.8. The molecule has 6 heteroatoms. The van der Waals surface area contributed by atoms with Crippen LogP contribution in [0, 0.1) is 6.92 Å². The summed E-state index contributed by atoms with van der Waals surface area (Å²) in [6, 6.07) is 1.42. The van der Waals surface area contributed by atoms with E-state index in [0.717, 1.165) is 25.3 Å². The fourth-order valence-corrected chi connectivity index (χ4v) is 2.24. The minimum atomic E-state index is -0.358. The van der Waals surface area contributed by atoms with E-state index in [1.54, 1.807) is 6.92 Å². The van der Waals surface area contributed by atoms with Crippen LogP contribution >= 0.6 is 0 Å². The highest BCUT2D eigenvalue weighted by Crippen LogP contribution is 2.04. The lowest BCUT2D eigenvalue weighted by Crippen LogP contribution is -2.47. The van der Waals surface area contributed by atoms with Crippen LogP contribution in [0.5, 0.6) is 0 Å². The minimum absolute atomic E-state index is 0.0165. The zero-order valence-electron chi connectivity index (χ0n) is 11.9. The number of morpholine rings is 1. The Hall–Kier alpha value is -1.66. The summed E-state index contributed by atoms with van der Waals surface area (Å²) in [7, 11) is 0. The Morgan fingerprint density at radius 1 is 1.60 bits per heavy atom. The van der Waals surface area contributed by atoms with Crippen LogP contribution < -0.4 is 10.7 Å². The molecule has 0 bridgehead atoms. The Kier molecular flexibility index (Phi) is 4.92. The van der Waals surface area contributed by atoms with E-state index in [-0.39, 0.29) is 23.0 Å². The Labute approximate surface area is 118 Å². The molecule has 1 amide bonds. The van der Waals surface area contributed by atoms with Crippen molar-refractivity contribution in [3.63, 3.8) is 0 Å². The Morgan fingerprint density at radius 3 is 3.10 bits per heavy atom. The number of nitrogens with one attached hydrogen (secondary N) is 2. The quantitative estimate of drug-likeness (QED) is 0.822. The van der Waals surface area contributed by atoms with Gasteiger partial charge in [-0.2, -0.15) is 0 Å². The molecule has 20 heavy (non-hydrogen) atoms. The van der Waals surface area contributed by atoms with Crippen molar-refractivity contribution < 1.29 is 9.53 Å². The van der Waals surface area contributed by atoms with Crippen LogP contribution in [0.15, 0.2) is 17.1 Å². The number of likely N-dealkylation sites (N-methyl/N-ethyl adjacent to an activating group) is 1. The predicted molar refractivity (Wildman–Crippen MR) is 76.0 cm³/mol. The summed E-state index contributed by atoms with van der Waals surface area (Å²) >= 11 is 0. The van der Waals surface area contributed by atoms with Crippen LogP contribution in [-0.2, 0) is 4.74 Å². The zero-order valence-corrected chi connectivity index (χ0v) is 11.9. The van der Waals surface area contributed by atoms with Crippen molar-refractivity contribution in [2.24, 2.45) is 0 Å². The monoisotopic (exact) mass is 279 g/mol. The van der Waals surface area contributed by atoms with E-state index in [0.29, 0.717) is 13.2 Å². The maximum atomic E-state index is 12.0. The molecule has 1 aliphatic rings. The van der Waals surface area contributed by atoms with Crippen LogP contribution in [0.1, 0.15) is 23.0 Å². The highest BCUT2D eigenvalue weighted by Gasteiger charge is 2.20. The lowest BCUT2D eigenvalue weighted by atomic mass is 10.2. The number of nitrogens with zero attached hydrogens (tertiary/aromatic N) is 1. The fraction of sp³-hybridized carbons (Fsp3) is 0.571. The number of hydrogen-bond donors (Lipinski definition) is 2. The second-order valence-corrected chi connectivity index (χ2v) is 4.99. The molecular weight excluding hydrogens is 258 g/mol. The van der Waals surface area contributed by atoms with Gasteiger partial charge in [0.25, 0.3) is 5.91 Å². The van der Waals surface area contributed by atoms with Gasteiger partial charge in [-0.3, -0.25) is 14.5 Å². The van der Waals surface area contributed by atoms with Crippen LogP contribution in [0.25, 0.3) is 0 Å². The lowest BCUT2D eigenvalue weighted by Gasteiger charge is -2.32. The Balaban J connectivity index is 1.90. The molecule has 1 aromatic rings. The summed E-state index contributed by atoms with van der Waals surface area (Å²) in [6.07, 6.45) is 1.43. The van der Waals surface area contributed by atoms with Gasteiger partial charge in [0.15, 0.2) is 5.43 Å². The number of aromatic amines is 1. The van der Waals surface area contributed by atoms with Crippen LogP contribution in [-0.4, -0.2) is 54.7 Å². The van der Waals surface area contributed by atoms with Crippen LogP contribution in [0.2, 0.25) is 0 Å².